The molecule has 1 aromatic heterocycles. The van der Waals surface area contributed by atoms with Crippen LogP contribution in [-0.4, -0.2) is 47.0 Å². The van der Waals surface area contributed by atoms with Crippen LogP contribution in [0.15, 0.2) is 105 Å². The van der Waals surface area contributed by atoms with Gasteiger partial charge in [0.25, 0.3) is 0 Å². The van der Waals surface area contributed by atoms with Crippen LogP contribution in [0.2, 0.25) is 0 Å². The van der Waals surface area contributed by atoms with Crippen molar-refractivity contribution in [2.45, 2.75) is 18.5 Å². The first-order chi connectivity index (χ1) is 15.7. The van der Waals surface area contributed by atoms with Gasteiger partial charge in [-0.15, -0.1) is 50.2 Å². The van der Waals surface area contributed by atoms with Crippen LogP contribution in [0.25, 0.3) is 10.9 Å². The smallest absolute Gasteiger partial charge is 0.0516 e. The van der Waals surface area contributed by atoms with E-state index in [1.165, 1.54) is 16.5 Å². The molecule has 0 aliphatic heterocycles. The molecule has 3 aromatic rings. The fraction of sp³-hybridized carbons (Fsp3) is 0.241. The third-order valence-corrected chi connectivity index (χ3v) is 5.88. The summed E-state index contributed by atoms with van der Waals surface area (Å²) in [5.74, 6) is 0. The van der Waals surface area contributed by atoms with Gasteiger partial charge in [0, 0.05) is 58.4 Å². The number of fused-ring (bicyclic) bond motifs is 2. The van der Waals surface area contributed by atoms with Crippen LogP contribution < -0.4 is 0 Å². The molecule has 170 valence electrons. The summed E-state index contributed by atoms with van der Waals surface area (Å²) in [6.07, 6.45) is 11.9. The maximum Gasteiger partial charge on any atom is 0.0516 e. The Balaban J connectivity index is 0.000000319. The van der Waals surface area contributed by atoms with Crippen molar-refractivity contribution in [3.8, 4) is 0 Å². The van der Waals surface area contributed by atoms with Gasteiger partial charge in [-0.25, -0.2) is 0 Å². The quantitative estimate of drug-likeness (QED) is 0.266. The molecule has 0 fully saturated rings. The number of nitrogens with one attached hydrogen (secondary N) is 1. The molecule has 2 atom stereocenters. The predicted octanol–water partition coefficient (Wildman–Crippen LogP) is 5.97. The van der Waals surface area contributed by atoms with Crippen molar-refractivity contribution < 1.29 is 26.2 Å². The van der Waals surface area contributed by atoms with Gasteiger partial charge < -0.3 is 4.98 Å². The molecule has 4 rings (SSSR count). The van der Waals surface area contributed by atoms with Crippen molar-refractivity contribution in [1.82, 2.24) is 14.8 Å². The van der Waals surface area contributed by atoms with Crippen LogP contribution >= 0.6 is 0 Å². The molecule has 0 radical (unpaired) electrons. The zero-order valence-corrected chi connectivity index (χ0v) is 21.9. The van der Waals surface area contributed by atoms with Crippen LogP contribution in [-0.2, 0) is 32.6 Å². The molecule has 2 aromatic carbocycles. The van der Waals surface area contributed by atoms with Crippen LogP contribution in [0, 0.1) is 6.20 Å². The van der Waals surface area contributed by atoms with E-state index < -0.39 is 0 Å². The standard InChI is InChI=1S/C21H28N2.C8H6N.Zr/c1-5-13-22(14-6-2)20-17-18-11-9-10-12-19(18)21(20)23(15-7-3)16-8-4;1-2-4-8-7(3-1)5-6-9-8;/h5-12,20-21H,1-4,13-17H2;1-5,9H;/q;-1;. The van der Waals surface area contributed by atoms with Crippen LogP contribution in [0.4, 0.5) is 0 Å². The number of benzene rings is 2. The number of aromatic nitrogens is 1. The first kappa shape index (κ1) is 27.0. The maximum atomic E-state index is 3.93. The minimum atomic E-state index is 0. The average Bonchev–Trinajstić information content (AvgIpc) is 3.44. The summed E-state index contributed by atoms with van der Waals surface area (Å²) in [6, 6.07) is 19.6. The molecule has 1 aliphatic carbocycles. The van der Waals surface area contributed by atoms with E-state index in [-0.39, 0.29) is 26.2 Å². The summed E-state index contributed by atoms with van der Waals surface area (Å²) in [5, 5.41) is 1.22. The van der Waals surface area contributed by atoms with Gasteiger partial charge in [0.1, 0.15) is 0 Å². The van der Waals surface area contributed by atoms with E-state index in [1.54, 1.807) is 0 Å². The fourth-order valence-electron chi connectivity index (χ4n) is 4.56. The number of nitrogens with zero attached hydrogens (tertiary/aromatic N) is 2. The SMILES string of the molecule is C=CCN(CC=C)C1Cc2ccccc2C1N(CC=C)CC=C.[Zr].[c-]1cc2ccccc2[nH]1. The van der Waals surface area contributed by atoms with Crippen molar-refractivity contribution in [3.63, 3.8) is 0 Å². The Labute approximate surface area is 218 Å². The summed E-state index contributed by atoms with van der Waals surface area (Å²) in [4.78, 5) is 7.91. The Kier molecular flexibility index (Phi) is 11.5. The second-order valence-electron chi connectivity index (χ2n) is 7.98. The molecule has 2 unspecified atom stereocenters. The fourth-order valence-corrected chi connectivity index (χ4v) is 4.56. The molecule has 1 heterocycles. The number of hydrogen-bond donors (Lipinski definition) is 1. The largest absolute Gasteiger partial charge is 0.477 e. The van der Waals surface area contributed by atoms with Gasteiger partial charge in [0.15, 0.2) is 0 Å². The van der Waals surface area contributed by atoms with Crippen LogP contribution in [0.1, 0.15) is 17.2 Å². The summed E-state index contributed by atoms with van der Waals surface area (Å²) in [6.45, 7) is 19.2. The van der Waals surface area contributed by atoms with Crippen molar-refractivity contribution in [3.05, 3.63) is 123 Å². The number of H-pyrrole nitrogens is 1. The first-order valence-corrected chi connectivity index (χ1v) is 11.2. The van der Waals surface area contributed by atoms with E-state index in [9.17, 15) is 0 Å². The molecule has 3 nitrogen and oxygen atoms in total. The Morgan fingerprint density at radius 3 is 2.03 bits per heavy atom. The zero-order chi connectivity index (χ0) is 22.8. The summed E-state index contributed by atoms with van der Waals surface area (Å²) in [7, 11) is 0. The Morgan fingerprint density at radius 2 is 1.39 bits per heavy atom. The molecule has 1 aliphatic rings. The van der Waals surface area contributed by atoms with Crippen molar-refractivity contribution >= 4 is 10.9 Å². The minimum absolute atomic E-state index is 0. The molecule has 0 amide bonds. The van der Waals surface area contributed by atoms with Gasteiger partial charge >= 0.3 is 0 Å². The Hall–Kier alpha value is -2.26. The monoisotopic (exact) mass is 514 g/mol. The minimum Gasteiger partial charge on any atom is -0.477 e. The Bertz CT molecular complexity index is 988. The molecule has 0 saturated heterocycles. The molecule has 33 heavy (non-hydrogen) atoms. The van der Waals surface area contributed by atoms with E-state index in [0.29, 0.717) is 12.1 Å². The summed E-state index contributed by atoms with van der Waals surface area (Å²) < 4.78 is 0. The number of hydrogen-bond acceptors (Lipinski definition) is 2. The first-order valence-electron chi connectivity index (χ1n) is 11.2. The van der Waals surface area contributed by atoms with Gasteiger partial charge in [0.2, 0.25) is 0 Å². The topological polar surface area (TPSA) is 22.3 Å². The van der Waals surface area contributed by atoms with Crippen LogP contribution in [0.5, 0.6) is 0 Å². The Morgan fingerprint density at radius 1 is 0.818 bits per heavy atom. The molecular weight excluding hydrogens is 482 g/mol. The van der Waals surface area contributed by atoms with Gasteiger partial charge in [-0.3, -0.25) is 9.80 Å². The van der Waals surface area contributed by atoms with Crippen molar-refractivity contribution in [1.29, 1.82) is 0 Å². The number of rotatable bonds is 10. The maximum absolute atomic E-state index is 3.93. The molecule has 0 spiro atoms. The van der Waals surface area contributed by atoms with Crippen molar-refractivity contribution in [2.24, 2.45) is 0 Å². The predicted molar refractivity (Wildman–Crippen MR) is 138 cm³/mol. The van der Waals surface area contributed by atoms with Gasteiger partial charge in [-0.05, 0) is 17.5 Å². The van der Waals surface area contributed by atoms with Crippen LogP contribution in [0.3, 0.4) is 0 Å². The molecule has 4 heteroatoms. The van der Waals surface area contributed by atoms with Gasteiger partial charge in [0.05, 0.1) is 6.04 Å². The molecular formula is C29H34N3Zr-. The van der Waals surface area contributed by atoms with E-state index >= 15 is 0 Å². The second kappa shape index (κ2) is 14.1. The summed E-state index contributed by atoms with van der Waals surface area (Å²) >= 11 is 0. The van der Waals surface area contributed by atoms with E-state index in [1.807, 2.05) is 48.6 Å². The third-order valence-electron chi connectivity index (χ3n) is 5.88. The number of para-hydroxylation sites is 1. The van der Waals surface area contributed by atoms with Gasteiger partial charge in [-0.1, -0.05) is 60.7 Å². The van der Waals surface area contributed by atoms with E-state index in [2.05, 4.69) is 77.6 Å². The van der Waals surface area contributed by atoms with Gasteiger partial charge in [-0.2, -0.15) is 11.5 Å². The third kappa shape index (κ3) is 6.87. The van der Waals surface area contributed by atoms with Crippen molar-refractivity contribution in [2.75, 3.05) is 26.2 Å². The zero-order valence-electron chi connectivity index (χ0n) is 19.4. The normalized spacial score (nSPS) is 16.4. The average molecular weight is 516 g/mol. The van der Waals surface area contributed by atoms with E-state index in [4.69, 9.17) is 0 Å². The molecule has 0 bridgehead atoms. The molecule has 1 N–H and O–H groups in total. The molecule has 0 saturated carbocycles. The second-order valence-corrected chi connectivity index (χ2v) is 7.98. The summed E-state index contributed by atoms with van der Waals surface area (Å²) in [5.41, 5.74) is 4.02. The van der Waals surface area contributed by atoms with E-state index in [0.717, 1.165) is 38.1 Å². The number of aromatic amines is 1.